The third-order valence-corrected chi connectivity index (χ3v) is 3.10. The highest BCUT2D eigenvalue weighted by Crippen LogP contribution is 2.29. The van der Waals surface area contributed by atoms with Crippen LogP contribution in [-0.2, 0) is 4.74 Å². The minimum atomic E-state index is -0.537. The van der Waals surface area contributed by atoms with Gasteiger partial charge in [0.25, 0.3) is 5.69 Å². The Labute approximate surface area is 121 Å². The van der Waals surface area contributed by atoms with Crippen LogP contribution in [-0.4, -0.2) is 41.4 Å². The first-order valence-corrected chi connectivity index (χ1v) is 6.56. The first-order chi connectivity index (χ1) is 10.1. The number of methoxy groups -OCH3 is 1. The monoisotopic (exact) mass is 291 g/mol. The molecule has 0 amide bonds. The molecular weight excluding hydrogens is 274 g/mol. The highest BCUT2D eigenvalue weighted by Gasteiger charge is 2.15. The lowest BCUT2D eigenvalue weighted by Gasteiger charge is -2.12. The number of benzene rings is 1. The zero-order valence-corrected chi connectivity index (χ0v) is 11.7. The molecule has 0 aliphatic carbocycles. The molecule has 1 aromatic carbocycles. The van der Waals surface area contributed by atoms with Crippen molar-refractivity contribution in [3.63, 3.8) is 0 Å². The number of rotatable bonds is 7. The van der Waals surface area contributed by atoms with Crippen molar-refractivity contribution < 1.29 is 14.8 Å². The van der Waals surface area contributed by atoms with Gasteiger partial charge in [0.1, 0.15) is 5.52 Å². The highest BCUT2D eigenvalue weighted by atomic mass is 16.6. The van der Waals surface area contributed by atoms with E-state index in [-0.39, 0.29) is 12.3 Å². The topological polar surface area (TPSA) is 97.5 Å². The Bertz CT molecular complexity index is 633. The quantitative estimate of drug-likeness (QED) is 0.597. The molecule has 7 heteroatoms. The smallest absolute Gasteiger partial charge is 0.295 e. The van der Waals surface area contributed by atoms with Crippen LogP contribution >= 0.6 is 0 Å². The summed E-state index contributed by atoms with van der Waals surface area (Å²) in [6, 6.07) is 6.61. The Balaban J connectivity index is 2.18. The van der Waals surface area contributed by atoms with E-state index in [1.807, 2.05) is 0 Å². The molecule has 1 unspecified atom stereocenters. The molecule has 0 bridgehead atoms. The average Bonchev–Trinajstić information content (AvgIpc) is 2.47. The van der Waals surface area contributed by atoms with Crippen LogP contribution in [0.1, 0.15) is 6.42 Å². The summed E-state index contributed by atoms with van der Waals surface area (Å²) in [6.07, 6.45) is 1.51. The summed E-state index contributed by atoms with van der Waals surface area (Å²) in [5.41, 5.74) is 1.09. The van der Waals surface area contributed by atoms with Crippen molar-refractivity contribution in [2.24, 2.45) is 0 Å². The summed E-state index contributed by atoms with van der Waals surface area (Å²) in [6.45, 7) is 0.816. The summed E-state index contributed by atoms with van der Waals surface area (Å²) in [5.74, 6) is 0. The summed E-state index contributed by atoms with van der Waals surface area (Å²) in [4.78, 5) is 14.6. The first-order valence-electron chi connectivity index (χ1n) is 6.56. The number of aromatic nitrogens is 1. The summed E-state index contributed by atoms with van der Waals surface area (Å²) in [7, 11) is 1.53. The Morgan fingerprint density at radius 3 is 3.00 bits per heavy atom. The largest absolute Gasteiger partial charge is 0.391 e. The van der Waals surface area contributed by atoms with Crippen molar-refractivity contribution in [2.45, 2.75) is 12.5 Å². The number of aliphatic hydroxyl groups is 1. The van der Waals surface area contributed by atoms with Crippen LogP contribution in [0.4, 0.5) is 11.4 Å². The predicted molar refractivity (Wildman–Crippen MR) is 79.4 cm³/mol. The van der Waals surface area contributed by atoms with Gasteiger partial charge in [-0.1, -0.05) is 0 Å². The SMILES string of the molecule is COCC(O)CCNc1ccc([N+](=O)[O-])c2ncccc12. The van der Waals surface area contributed by atoms with Gasteiger partial charge in [-0.3, -0.25) is 10.1 Å². The van der Waals surface area contributed by atoms with Crippen LogP contribution in [0.5, 0.6) is 0 Å². The normalized spacial score (nSPS) is 12.3. The van der Waals surface area contributed by atoms with Gasteiger partial charge in [0.15, 0.2) is 0 Å². The van der Waals surface area contributed by atoms with Crippen LogP contribution in [0.2, 0.25) is 0 Å². The number of hydrogen-bond donors (Lipinski definition) is 2. The fourth-order valence-electron chi connectivity index (χ4n) is 2.11. The number of anilines is 1. The molecule has 0 saturated heterocycles. The van der Waals surface area contributed by atoms with Crippen molar-refractivity contribution in [1.29, 1.82) is 0 Å². The Morgan fingerprint density at radius 2 is 2.29 bits per heavy atom. The molecule has 7 nitrogen and oxygen atoms in total. The molecule has 0 saturated carbocycles. The molecule has 112 valence electrons. The van der Waals surface area contributed by atoms with E-state index in [1.54, 1.807) is 18.2 Å². The number of aliphatic hydroxyl groups excluding tert-OH is 1. The first kappa shape index (κ1) is 15.1. The van der Waals surface area contributed by atoms with Crippen LogP contribution < -0.4 is 5.32 Å². The fraction of sp³-hybridized carbons (Fsp3) is 0.357. The van der Waals surface area contributed by atoms with Crippen LogP contribution in [0, 0.1) is 10.1 Å². The Hall–Kier alpha value is -2.25. The van der Waals surface area contributed by atoms with Crippen molar-refractivity contribution in [1.82, 2.24) is 4.98 Å². The maximum Gasteiger partial charge on any atom is 0.295 e. The van der Waals surface area contributed by atoms with Crippen LogP contribution in [0.25, 0.3) is 10.9 Å². The molecule has 2 N–H and O–H groups in total. The van der Waals surface area contributed by atoms with Gasteiger partial charge in [0.05, 0.1) is 17.6 Å². The summed E-state index contributed by atoms with van der Waals surface area (Å²) in [5, 5.41) is 24.4. The molecule has 1 heterocycles. The number of non-ortho nitro benzene ring substituents is 1. The number of pyridine rings is 1. The number of nitrogens with one attached hydrogen (secondary N) is 1. The summed E-state index contributed by atoms with van der Waals surface area (Å²) < 4.78 is 4.86. The maximum atomic E-state index is 11.0. The van der Waals surface area contributed by atoms with Gasteiger partial charge in [-0.05, 0) is 24.6 Å². The maximum absolute atomic E-state index is 11.0. The molecule has 0 aliphatic heterocycles. The molecule has 0 spiro atoms. The van der Waals surface area contributed by atoms with E-state index < -0.39 is 11.0 Å². The lowest BCUT2D eigenvalue weighted by molar-refractivity contribution is -0.383. The zero-order valence-electron chi connectivity index (χ0n) is 11.7. The van der Waals surface area contributed by atoms with E-state index >= 15 is 0 Å². The standard InChI is InChI=1S/C14H17N3O4/c1-21-9-10(18)6-8-15-12-4-5-13(17(19)20)14-11(12)3-2-7-16-14/h2-5,7,10,15,18H,6,8-9H2,1H3. The number of ether oxygens (including phenoxy) is 1. The van der Waals surface area contributed by atoms with Crippen molar-refractivity contribution in [3.8, 4) is 0 Å². The Morgan fingerprint density at radius 1 is 1.48 bits per heavy atom. The molecule has 2 aromatic rings. The lowest BCUT2D eigenvalue weighted by Crippen LogP contribution is -2.18. The van der Waals surface area contributed by atoms with Gasteiger partial charge >= 0.3 is 0 Å². The van der Waals surface area contributed by atoms with E-state index in [2.05, 4.69) is 10.3 Å². The van der Waals surface area contributed by atoms with Crippen molar-refractivity contribution >= 4 is 22.3 Å². The number of fused-ring (bicyclic) bond motifs is 1. The fourth-order valence-corrected chi connectivity index (χ4v) is 2.11. The van der Waals surface area contributed by atoms with Crippen molar-refractivity contribution in [3.05, 3.63) is 40.6 Å². The minimum Gasteiger partial charge on any atom is -0.391 e. The van der Waals surface area contributed by atoms with E-state index in [1.165, 1.54) is 19.4 Å². The highest BCUT2D eigenvalue weighted by molar-refractivity contribution is 5.96. The van der Waals surface area contributed by atoms with E-state index in [0.29, 0.717) is 23.9 Å². The van der Waals surface area contributed by atoms with Gasteiger partial charge in [0.2, 0.25) is 0 Å². The van der Waals surface area contributed by atoms with Gasteiger partial charge < -0.3 is 15.2 Å². The van der Waals surface area contributed by atoms with Gasteiger partial charge in [-0.25, -0.2) is 4.98 Å². The molecule has 0 aliphatic rings. The molecule has 21 heavy (non-hydrogen) atoms. The number of nitrogens with zero attached hydrogens (tertiary/aromatic N) is 2. The second-order valence-electron chi connectivity index (χ2n) is 4.61. The summed E-state index contributed by atoms with van der Waals surface area (Å²) >= 11 is 0. The lowest BCUT2D eigenvalue weighted by atomic mass is 10.1. The minimum absolute atomic E-state index is 0.0180. The molecular formula is C14H17N3O4. The van der Waals surface area contributed by atoms with E-state index in [0.717, 1.165) is 5.69 Å². The molecule has 1 aromatic heterocycles. The third-order valence-electron chi connectivity index (χ3n) is 3.10. The number of nitro groups is 1. The predicted octanol–water partition coefficient (Wildman–Crippen LogP) is 1.95. The second kappa shape index (κ2) is 6.96. The number of hydrogen-bond acceptors (Lipinski definition) is 6. The second-order valence-corrected chi connectivity index (χ2v) is 4.61. The van der Waals surface area contributed by atoms with Gasteiger partial charge in [-0.15, -0.1) is 0 Å². The third kappa shape index (κ3) is 3.65. The van der Waals surface area contributed by atoms with Crippen LogP contribution in [0.15, 0.2) is 30.5 Å². The molecule has 0 radical (unpaired) electrons. The molecule has 1 atom stereocenters. The van der Waals surface area contributed by atoms with E-state index in [9.17, 15) is 15.2 Å². The Kier molecular flexibility index (Phi) is 5.02. The molecule has 2 rings (SSSR count). The molecule has 0 fully saturated rings. The van der Waals surface area contributed by atoms with Gasteiger partial charge in [0, 0.05) is 37.0 Å². The van der Waals surface area contributed by atoms with Gasteiger partial charge in [-0.2, -0.15) is 0 Å². The average molecular weight is 291 g/mol. The number of nitro benzene ring substituents is 1. The van der Waals surface area contributed by atoms with E-state index in [4.69, 9.17) is 4.74 Å². The van der Waals surface area contributed by atoms with Crippen molar-refractivity contribution in [2.75, 3.05) is 25.6 Å². The van der Waals surface area contributed by atoms with Crippen LogP contribution in [0.3, 0.4) is 0 Å². The zero-order chi connectivity index (χ0) is 15.2.